The maximum Gasteiger partial charge on any atom is 0.159 e. The van der Waals surface area contributed by atoms with E-state index in [4.69, 9.17) is 19.1 Å². The summed E-state index contributed by atoms with van der Waals surface area (Å²) >= 11 is -0.106. The number of pyridine rings is 1. The van der Waals surface area contributed by atoms with Gasteiger partial charge in [-0.15, -0.1) is 0 Å². The molecule has 1 N–H and O–H groups in total. The minimum absolute atomic E-state index is 0.106. The molecule has 0 fully saturated rings. The number of hydrogen-bond donors (Lipinski definition) is 1. The third-order valence-corrected chi connectivity index (χ3v) is 5.37. The molecule has 0 saturated carbocycles. The van der Waals surface area contributed by atoms with Gasteiger partial charge in [-0.25, -0.2) is 10.1 Å². The summed E-state index contributed by atoms with van der Waals surface area (Å²) in [5.74, 6) is 0.925. The van der Waals surface area contributed by atoms with Crippen LogP contribution in [0.15, 0.2) is 85.1 Å². The summed E-state index contributed by atoms with van der Waals surface area (Å²) in [4.78, 5) is 4.38. The number of aromatic nitrogens is 1. The van der Waals surface area contributed by atoms with E-state index in [0.29, 0.717) is 0 Å². The van der Waals surface area contributed by atoms with Gasteiger partial charge in [0.1, 0.15) is 10.6 Å². The monoisotopic (exact) mass is 455 g/mol. The molecule has 0 aliphatic carbocycles. The van der Waals surface area contributed by atoms with Gasteiger partial charge in [0.2, 0.25) is 0 Å². The van der Waals surface area contributed by atoms with Crippen molar-refractivity contribution in [3.63, 3.8) is 0 Å². The summed E-state index contributed by atoms with van der Waals surface area (Å²) in [7, 11) is 8.56. The molecule has 0 atom stereocenters. The van der Waals surface area contributed by atoms with Crippen molar-refractivity contribution in [3.05, 3.63) is 85.1 Å². The number of rotatable bonds is 4. The van der Waals surface area contributed by atoms with Crippen molar-refractivity contribution < 1.29 is 15.9 Å². The Balaban J connectivity index is 0.000000595. The van der Waals surface area contributed by atoms with Crippen LogP contribution >= 0.6 is 27.1 Å². The smallest absolute Gasteiger partial charge is 0.159 e. The van der Waals surface area contributed by atoms with Gasteiger partial charge in [-0.3, -0.25) is 0 Å². The fourth-order valence-electron chi connectivity index (χ4n) is 2.09. The van der Waals surface area contributed by atoms with E-state index >= 15 is 0 Å². The van der Waals surface area contributed by atoms with Crippen molar-refractivity contribution in [1.82, 2.24) is 4.98 Å². The first-order chi connectivity index (χ1) is 11.3. The number of benzene rings is 2. The second-order valence-corrected chi connectivity index (χ2v) is 9.01. The van der Waals surface area contributed by atoms with Gasteiger partial charge in [-0.05, 0) is 36.4 Å². The average molecular weight is 457 g/mol. The summed E-state index contributed by atoms with van der Waals surface area (Å²) in [5.41, 5.74) is 0. The predicted octanol–water partition coefficient (Wildman–Crippen LogP) is 4.65. The molecule has 3 rings (SSSR count). The molecule has 0 aliphatic heterocycles. The van der Waals surface area contributed by atoms with Crippen molar-refractivity contribution in [2.24, 2.45) is 0 Å². The first kappa shape index (κ1) is 18.4. The van der Waals surface area contributed by atoms with Crippen molar-refractivity contribution in [2.45, 2.75) is 0 Å². The second-order valence-electron chi connectivity index (χ2n) is 4.49. The van der Waals surface area contributed by atoms with E-state index in [2.05, 4.69) is 70.7 Å². The molecule has 122 valence electrons. The minimum atomic E-state index is -1.06. The van der Waals surface area contributed by atoms with Crippen LogP contribution in [0, 0.1) is 0 Å². The van der Waals surface area contributed by atoms with Crippen molar-refractivity contribution in [2.75, 3.05) is 5.09 Å². The van der Waals surface area contributed by atoms with Crippen LogP contribution in [0.4, 0.5) is 5.82 Å². The first-order valence-electron chi connectivity index (χ1n) is 6.83. The van der Waals surface area contributed by atoms with E-state index in [1.807, 2.05) is 24.4 Å². The molecule has 0 radical (unpaired) electrons. The second kappa shape index (κ2) is 10.8. The zero-order valence-corrected chi connectivity index (χ0v) is 16.2. The van der Waals surface area contributed by atoms with E-state index in [-0.39, 0.29) is 15.9 Å². The Morgan fingerprint density at radius 3 is 1.65 bits per heavy atom. The number of anilines is 1. The third-order valence-electron chi connectivity index (χ3n) is 3.04. The molecule has 1 heterocycles. The van der Waals surface area contributed by atoms with Gasteiger partial charge in [0.25, 0.3) is 0 Å². The summed E-state index contributed by atoms with van der Waals surface area (Å²) < 4.78 is 0. The van der Waals surface area contributed by atoms with Crippen LogP contribution in [0.25, 0.3) is 0 Å². The number of nitrogens with zero attached hydrogens (tertiary/aromatic N) is 1. The molecule has 0 saturated heterocycles. The van der Waals surface area contributed by atoms with Crippen LogP contribution in [0.1, 0.15) is 0 Å². The van der Waals surface area contributed by atoms with Crippen LogP contribution in [-0.4, -0.2) is 4.98 Å². The Kier molecular flexibility index (Phi) is 8.61. The fourth-order valence-corrected chi connectivity index (χ4v) is 4.16. The van der Waals surface area contributed by atoms with Gasteiger partial charge in [-0.1, -0.05) is 42.5 Å². The Labute approximate surface area is 154 Å². The predicted molar refractivity (Wildman–Crippen MR) is 100 cm³/mol. The summed E-state index contributed by atoms with van der Waals surface area (Å²) in [6, 6.07) is 27.1. The van der Waals surface area contributed by atoms with E-state index in [9.17, 15) is 0 Å². The Bertz CT molecular complexity index is 632. The Morgan fingerprint density at radius 2 is 1.22 bits per heavy atom. The summed E-state index contributed by atoms with van der Waals surface area (Å²) in [6.07, 6.45) is 1.82. The topological polar surface area (TPSA) is 24.9 Å². The van der Waals surface area contributed by atoms with Crippen LogP contribution in [0.5, 0.6) is 0 Å². The van der Waals surface area contributed by atoms with Gasteiger partial charge in [0.15, 0.2) is 13.9 Å². The zero-order chi connectivity index (χ0) is 16.3. The SMILES string of the molecule is [Cl][Pd][Cl].c1ccc([PH+](Nc2ccccn2)c2ccccc2)cc1. The zero-order valence-electron chi connectivity index (χ0n) is 12.1. The molecular formula is C17H16Cl2N2PPd+. The van der Waals surface area contributed by atoms with E-state index in [1.165, 1.54) is 10.6 Å². The molecule has 0 unspecified atom stereocenters. The molecule has 1 aromatic heterocycles. The molecular weight excluding hydrogens is 441 g/mol. The van der Waals surface area contributed by atoms with Crippen LogP contribution in [0.3, 0.4) is 0 Å². The molecule has 2 nitrogen and oxygen atoms in total. The summed E-state index contributed by atoms with van der Waals surface area (Å²) in [6.45, 7) is 0. The largest absolute Gasteiger partial charge is 0.236 e. The molecule has 0 amide bonds. The van der Waals surface area contributed by atoms with Gasteiger partial charge >= 0.3 is 35.0 Å². The van der Waals surface area contributed by atoms with Crippen molar-refractivity contribution >= 4 is 43.6 Å². The van der Waals surface area contributed by atoms with E-state index in [0.717, 1.165) is 5.82 Å². The number of halogens is 2. The molecule has 0 bridgehead atoms. The normalized spacial score (nSPS) is 10.0. The number of hydrogen-bond acceptors (Lipinski definition) is 2. The Hall–Kier alpha value is -0.938. The molecule has 23 heavy (non-hydrogen) atoms. The maximum atomic E-state index is 4.81. The van der Waals surface area contributed by atoms with Gasteiger partial charge < -0.3 is 0 Å². The quantitative estimate of drug-likeness (QED) is 0.457. The minimum Gasteiger partial charge on any atom is -0.236 e. The van der Waals surface area contributed by atoms with Crippen LogP contribution in [0.2, 0.25) is 0 Å². The standard InChI is InChI=1S/C17H15N2P.2ClH.Pd/c1-3-9-15(10-4-1)20(16-11-5-2-6-12-16)19-17-13-7-8-14-18-17;;;/h1-14H,(H,18,19);2*1H;/q;;;+2/p-1. The maximum absolute atomic E-state index is 4.81. The van der Waals surface area contributed by atoms with E-state index < -0.39 is 8.07 Å². The van der Waals surface area contributed by atoms with Gasteiger partial charge in [0, 0.05) is 6.20 Å². The van der Waals surface area contributed by atoms with Crippen LogP contribution < -0.4 is 15.7 Å². The first-order valence-corrected chi connectivity index (χ1v) is 12.3. The number of nitrogens with one attached hydrogen (secondary N) is 1. The van der Waals surface area contributed by atoms with Gasteiger partial charge in [0.05, 0.1) is 0 Å². The van der Waals surface area contributed by atoms with Crippen LogP contribution in [-0.2, 0) is 15.9 Å². The third kappa shape index (κ3) is 6.23. The van der Waals surface area contributed by atoms with Gasteiger partial charge in [-0.2, -0.15) is 0 Å². The average Bonchev–Trinajstić information content (AvgIpc) is 2.63. The van der Waals surface area contributed by atoms with E-state index in [1.54, 1.807) is 0 Å². The molecule has 3 aromatic rings. The molecule has 0 spiro atoms. The molecule has 2 aromatic carbocycles. The van der Waals surface area contributed by atoms with Crippen molar-refractivity contribution in [3.8, 4) is 0 Å². The Morgan fingerprint density at radius 1 is 0.739 bits per heavy atom. The molecule has 0 aliphatic rings. The van der Waals surface area contributed by atoms with Crippen molar-refractivity contribution in [1.29, 1.82) is 0 Å². The fraction of sp³-hybridized carbons (Fsp3) is 0. The summed E-state index contributed by atoms with van der Waals surface area (Å²) in [5, 5.41) is 6.26. The molecule has 6 heteroatoms.